The van der Waals surface area contributed by atoms with Gasteiger partial charge >= 0.3 is 12.1 Å². The summed E-state index contributed by atoms with van der Waals surface area (Å²) in [6, 6.07) is 7.09. The minimum atomic E-state index is -4.90. The van der Waals surface area contributed by atoms with E-state index < -0.39 is 23.9 Å². The van der Waals surface area contributed by atoms with Crippen molar-refractivity contribution in [3.63, 3.8) is 0 Å². The Hall–Kier alpha value is -3.34. The number of carbonyl (C=O) groups excluding carboxylic acids is 1. The highest BCUT2D eigenvalue weighted by Gasteiger charge is 2.43. The number of amides is 1. The van der Waals surface area contributed by atoms with Gasteiger partial charge in [-0.2, -0.15) is 13.2 Å². The maximum absolute atomic E-state index is 13.5. The minimum Gasteiger partial charge on any atom is -0.493 e. The zero-order chi connectivity index (χ0) is 26.0. The van der Waals surface area contributed by atoms with Crippen LogP contribution in [0.2, 0.25) is 5.02 Å². The number of anilines is 2. The molecule has 1 fully saturated rings. The lowest BCUT2D eigenvalue weighted by Gasteiger charge is -2.35. The monoisotopic (exact) mass is 526 g/mol. The number of hydrogen-bond donors (Lipinski definition) is 1. The minimum absolute atomic E-state index is 0.0396. The van der Waals surface area contributed by atoms with Gasteiger partial charge in [0.25, 0.3) is 0 Å². The van der Waals surface area contributed by atoms with Gasteiger partial charge in [-0.1, -0.05) is 11.6 Å². The third-order valence-electron chi connectivity index (χ3n) is 6.15. The number of ether oxygens (including phenoxy) is 2. The fourth-order valence-electron chi connectivity index (χ4n) is 4.22. The van der Waals surface area contributed by atoms with Crippen LogP contribution in [-0.2, 0) is 4.79 Å². The highest BCUT2D eigenvalue weighted by Crippen LogP contribution is 2.37. The number of aromatic nitrogens is 2. The maximum atomic E-state index is 13.5. The average molecular weight is 527 g/mol. The first-order chi connectivity index (χ1) is 17.1. The lowest BCUT2D eigenvalue weighted by molar-refractivity contribution is -0.187. The van der Waals surface area contributed by atoms with E-state index in [1.54, 1.807) is 12.1 Å². The summed E-state index contributed by atoms with van der Waals surface area (Å²) in [4.78, 5) is 20.9. The number of alkyl halides is 3. The molecule has 0 aliphatic heterocycles. The van der Waals surface area contributed by atoms with Crippen LogP contribution < -0.4 is 14.8 Å². The molecular formula is C24H23ClF4N4O3. The van der Waals surface area contributed by atoms with Gasteiger partial charge < -0.3 is 19.7 Å². The van der Waals surface area contributed by atoms with Crippen LogP contribution in [0, 0.1) is 5.82 Å². The highest BCUT2D eigenvalue weighted by molar-refractivity contribution is 6.31. The van der Waals surface area contributed by atoms with Crippen molar-refractivity contribution in [3.05, 3.63) is 47.5 Å². The lowest BCUT2D eigenvalue weighted by Crippen LogP contribution is -2.46. The van der Waals surface area contributed by atoms with Gasteiger partial charge in [0.05, 0.1) is 23.8 Å². The average Bonchev–Trinajstić information content (AvgIpc) is 2.85. The van der Waals surface area contributed by atoms with E-state index in [-0.39, 0.29) is 11.1 Å². The van der Waals surface area contributed by atoms with Crippen LogP contribution >= 0.6 is 11.6 Å². The third-order valence-corrected chi connectivity index (χ3v) is 6.44. The summed E-state index contributed by atoms with van der Waals surface area (Å²) < 4.78 is 63.5. The first kappa shape index (κ1) is 25.7. The molecule has 0 spiro atoms. The Labute approximate surface area is 209 Å². The molecule has 0 unspecified atom stereocenters. The van der Waals surface area contributed by atoms with Gasteiger partial charge in [-0.3, -0.25) is 4.79 Å². The zero-order valence-electron chi connectivity index (χ0n) is 19.4. The molecular weight excluding hydrogens is 504 g/mol. The van der Waals surface area contributed by atoms with Gasteiger partial charge in [-0.25, -0.2) is 14.4 Å². The quantitative estimate of drug-likeness (QED) is 0.404. The molecule has 1 amide bonds. The Balaban J connectivity index is 1.52. The molecule has 1 aliphatic carbocycles. The smallest absolute Gasteiger partial charge is 0.471 e. The molecule has 192 valence electrons. The molecule has 12 heteroatoms. The predicted molar refractivity (Wildman–Crippen MR) is 126 cm³/mol. The van der Waals surface area contributed by atoms with Crippen molar-refractivity contribution < 1.29 is 31.8 Å². The number of fused-ring (bicyclic) bond motifs is 1. The summed E-state index contributed by atoms with van der Waals surface area (Å²) in [6.07, 6.45) is -2.12. The summed E-state index contributed by atoms with van der Waals surface area (Å²) in [5, 5.41) is 3.67. The SMILES string of the molecule is COc1cc2ncnc(Nc3ccc(F)c(Cl)c3)c2cc1O[C@H]1CC[C@@H](N(C)C(=O)C(F)(F)F)CC1. The van der Waals surface area contributed by atoms with E-state index in [1.165, 1.54) is 38.7 Å². The van der Waals surface area contributed by atoms with Gasteiger partial charge in [0.1, 0.15) is 18.0 Å². The van der Waals surface area contributed by atoms with Crippen molar-refractivity contribution >= 4 is 39.9 Å². The normalized spacial score (nSPS) is 18.1. The highest BCUT2D eigenvalue weighted by atomic mass is 35.5. The first-order valence-corrected chi connectivity index (χ1v) is 11.5. The molecule has 1 heterocycles. The van der Waals surface area contributed by atoms with Crippen molar-refractivity contribution in [2.75, 3.05) is 19.5 Å². The Morgan fingerprint density at radius 3 is 2.47 bits per heavy atom. The van der Waals surface area contributed by atoms with E-state index in [4.69, 9.17) is 21.1 Å². The topological polar surface area (TPSA) is 76.6 Å². The van der Waals surface area contributed by atoms with Crippen LogP contribution in [0.5, 0.6) is 11.5 Å². The van der Waals surface area contributed by atoms with Gasteiger partial charge in [-0.05, 0) is 49.9 Å². The van der Waals surface area contributed by atoms with Crippen LogP contribution in [0.1, 0.15) is 25.7 Å². The standard InChI is InChI=1S/C24H23ClF4N4O3/c1-33(23(34)24(27,28)29)14-4-6-15(7-5-14)36-21-10-16-19(11-20(21)35-2)30-12-31-22(16)32-13-3-8-18(26)17(25)9-13/h3,8-12,14-15H,4-7H2,1-2H3,(H,30,31,32)/t14-,15+. The van der Waals surface area contributed by atoms with Crippen LogP contribution in [0.4, 0.5) is 29.1 Å². The molecule has 0 bridgehead atoms. The molecule has 0 atom stereocenters. The van der Waals surface area contributed by atoms with Crippen molar-refractivity contribution in [3.8, 4) is 11.5 Å². The zero-order valence-corrected chi connectivity index (χ0v) is 20.2. The maximum Gasteiger partial charge on any atom is 0.471 e. The molecule has 3 aromatic rings. The Morgan fingerprint density at radius 2 is 1.83 bits per heavy atom. The fraction of sp³-hybridized carbons (Fsp3) is 0.375. The van der Waals surface area contributed by atoms with E-state index >= 15 is 0 Å². The number of nitrogens with zero attached hydrogens (tertiary/aromatic N) is 3. The van der Waals surface area contributed by atoms with Gasteiger partial charge in [-0.15, -0.1) is 0 Å². The number of halogens is 5. The van der Waals surface area contributed by atoms with Crippen LogP contribution in [0.3, 0.4) is 0 Å². The molecule has 4 rings (SSSR count). The van der Waals surface area contributed by atoms with Crippen molar-refractivity contribution in [1.82, 2.24) is 14.9 Å². The molecule has 7 nitrogen and oxygen atoms in total. The number of carbonyl (C=O) groups is 1. The molecule has 0 radical (unpaired) electrons. The van der Waals surface area contributed by atoms with E-state index in [0.29, 0.717) is 59.6 Å². The second-order valence-corrected chi connectivity index (χ2v) is 8.87. The Kier molecular flexibility index (Phi) is 7.39. The van der Waals surface area contributed by atoms with Crippen molar-refractivity contribution in [2.24, 2.45) is 0 Å². The van der Waals surface area contributed by atoms with Gasteiger partial charge in [0.15, 0.2) is 11.5 Å². The summed E-state index contributed by atoms with van der Waals surface area (Å²) in [7, 11) is 2.67. The van der Waals surface area contributed by atoms with Crippen molar-refractivity contribution in [2.45, 2.75) is 44.0 Å². The third kappa shape index (κ3) is 5.56. The van der Waals surface area contributed by atoms with Crippen LogP contribution in [-0.4, -0.2) is 53.3 Å². The molecule has 36 heavy (non-hydrogen) atoms. The van der Waals surface area contributed by atoms with E-state index in [9.17, 15) is 22.4 Å². The van der Waals surface area contributed by atoms with E-state index in [2.05, 4.69) is 15.3 Å². The molecule has 0 saturated heterocycles. The number of nitrogens with one attached hydrogen (secondary N) is 1. The van der Waals surface area contributed by atoms with Gasteiger partial charge in [0, 0.05) is 30.2 Å². The predicted octanol–water partition coefficient (Wildman–Crippen LogP) is 5.89. The summed E-state index contributed by atoms with van der Waals surface area (Å²) in [5.74, 6) is -1.10. The van der Waals surface area contributed by atoms with E-state index in [1.807, 2.05) is 0 Å². The van der Waals surface area contributed by atoms with Crippen molar-refractivity contribution in [1.29, 1.82) is 0 Å². The largest absolute Gasteiger partial charge is 0.493 e. The van der Waals surface area contributed by atoms with Gasteiger partial charge in [0.2, 0.25) is 0 Å². The second-order valence-electron chi connectivity index (χ2n) is 8.46. The number of hydrogen-bond acceptors (Lipinski definition) is 6. The molecule has 1 N–H and O–H groups in total. The number of rotatable bonds is 6. The Bertz CT molecular complexity index is 1270. The number of benzene rings is 2. The molecule has 1 aromatic heterocycles. The molecule has 1 saturated carbocycles. The summed E-state index contributed by atoms with van der Waals surface area (Å²) >= 11 is 5.88. The lowest BCUT2D eigenvalue weighted by atomic mass is 9.92. The van der Waals surface area contributed by atoms with Crippen LogP contribution in [0.25, 0.3) is 10.9 Å². The van der Waals surface area contributed by atoms with E-state index in [0.717, 1.165) is 4.90 Å². The fourth-order valence-corrected chi connectivity index (χ4v) is 4.40. The summed E-state index contributed by atoms with van der Waals surface area (Å²) in [6.45, 7) is 0. The molecule has 2 aromatic carbocycles. The molecule has 1 aliphatic rings. The first-order valence-electron chi connectivity index (χ1n) is 11.1. The van der Waals surface area contributed by atoms with Crippen LogP contribution in [0.15, 0.2) is 36.7 Å². The summed E-state index contributed by atoms with van der Waals surface area (Å²) in [5.41, 5.74) is 1.09. The Morgan fingerprint density at radius 1 is 1.11 bits per heavy atom. The second kappa shape index (κ2) is 10.3. The number of methoxy groups -OCH3 is 1.